The lowest BCUT2D eigenvalue weighted by Gasteiger charge is -2.11. The van der Waals surface area contributed by atoms with Gasteiger partial charge in [0.2, 0.25) is 0 Å². The molecule has 0 unspecified atom stereocenters. The summed E-state index contributed by atoms with van der Waals surface area (Å²) in [6, 6.07) is 5.83. The van der Waals surface area contributed by atoms with Gasteiger partial charge in [-0.25, -0.2) is 14.4 Å². The zero-order valence-corrected chi connectivity index (χ0v) is 13.6. The van der Waals surface area contributed by atoms with Crippen LogP contribution in [0.1, 0.15) is 26.3 Å². The van der Waals surface area contributed by atoms with Crippen molar-refractivity contribution >= 4 is 28.6 Å². The molecule has 0 amide bonds. The Hall–Kier alpha value is -3.42. The molecular weight excluding hydrogens is 330 g/mol. The summed E-state index contributed by atoms with van der Waals surface area (Å²) in [5.41, 5.74) is -1.46. The van der Waals surface area contributed by atoms with Crippen LogP contribution in [0.3, 0.4) is 0 Å². The molecule has 25 heavy (non-hydrogen) atoms. The summed E-state index contributed by atoms with van der Waals surface area (Å²) in [5, 5.41) is 0. The van der Waals surface area contributed by atoms with Crippen molar-refractivity contribution in [2.24, 2.45) is 0 Å². The maximum atomic E-state index is 12.6. The van der Waals surface area contributed by atoms with Crippen molar-refractivity contribution in [2.75, 3.05) is 14.2 Å². The van der Waals surface area contributed by atoms with E-state index >= 15 is 0 Å². The van der Waals surface area contributed by atoms with Crippen molar-refractivity contribution in [1.82, 2.24) is 4.40 Å². The van der Waals surface area contributed by atoms with Gasteiger partial charge in [-0.05, 0) is 24.6 Å². The molecule has 3 rings (SSSR count). The Morgan fingerprint density at radius 1 is 1.04 bits per heavy atom. The number of carbonyl (C=O) groups is 2. The Morgan fingerprint density at radius 2 is 1.72 bits per heavy atom. The molecule has 8 nitrogen and oxygen atoms in total. The molecule has 0 aliphatic heterocycles. The van der Waals surface area contributed by atoms with Crippen molar-refractivity contribution < 1.29 is 23.5 Å². The first kappa shape index (κ1) is 16.4. The Kier molecular flexibility index (Phi) is 3.88. The molecular formula is C17H13NO7. The van der Waals surface area contributed by atoms with Gasteiger partial charge >= 0.3 is 17.6 Å². The van der Waals surface area contributed by atoms with Gasteiger partial charge in [-0.1, -0.05) is 6.07 Å². The summed E-state index contributed by atoms with van der Waals surface area (Å²) < 4.78 is 15.5. The molecule has 1 aromatic carbocycles. The third kappa shape index (κ3) is 2.47. The molecule has 2 aromatic heterocycles. The molecule has 0 saturated carbocycles. The number of benzene rings is 1. The average molecular weight is 343 g/mol. The monoisotopic (exact) mass is 343 g/mol. The van der Waals surface area contributed by atoms with Crippen molar-refractivity contribution in [3.05, 3.63) is 61.7 Å². The van der Waals surface area contributed by atoms with E-state index in [-0.39, 0.29) is 27.7 Å². The number of ether oxygens (including phenoxy) is 2. The van der Waals surface area contributed by atoms with E-state index < -0.39 is 23.1 Å². The minimum absolute atomic E-state index is 0.182. The van der Waals surface area contributed by atoms with Crippen LogP contribution in [0.15, 0.2) is 38.3 Å². The molecule has 3 aromatic rings. The van der Waals surface area contributed by atoms with Crippen molar-refractivity contribution in [3.8, 4) is 0 Å². The fourth-order valence-corrected chi connectivity index (χ4v) is 2.66. The first-order chi connectivity index (χ1) is 11.9. The molecule has 8 heteroatoms. The van der Waals surface area contributed by atoms with Gasteiger partial charge in [0.15, 0.2) is 11.1 Å². The number of carbonyl (C=O) groups excluding carboxylic acids is 2. The van der Waals surface area contributed by atoms with Crippen LogP contribution in [0, 0.1) is 6.92 Å². The quantitative estimate of drug-likeness (QED) is 0.510. The molecule has 0 aliphatic carbocycles. The Bertz CT molecular complexity index is 1150. The van der Waals surface area contributed by atoms with Crippen LogP contribution in [0.5, 0.6) is 0 Å². The van der Waals surface area contributed by atoms with Crippen LogP contribution in [-0.4, -0.2) is 30.6 Å². The highest BCUT2D eigenvalue weighted by Gasteiger charge is 2.27. The minimum atomic E-state index is -0.961. The van der Waals surface area contributed by atoms with Crippen LogP contribution >= 0.6 is 0 Å². The van der Waals surface area contributed by atoms with Crippen molar-refractivity contribution in [3.63, 3.8) is 0 Å². The maximum absolute atomic E-state index is 12.6. The van der Waals surface area contributed by atoms with Gasteiger partial charge in [-0.2, -0.15) is 0 Å². The molecule has 0 aliphatic rings. The van der Waals surface area contributed by atoms with Gasteiger partial charge in [0.05, 0.1) is 25.3 Å². The third-order valence-electron chi connectivity index (χ3n) is 3.76. The highest BCUT2D eigenvalue weighted by Crippen LogP contribution is 2.20. The number of pyridine rings is 1. The molecule has 2 heterocycles. The number of fused-ring (bicyclic) bond motifs is 3. The third-order valence-corrected chi connectivity index (χ3v) is 3.76. The highest BCUT2D eigenvalue weighted by molar-refractivity contribution is 6.08. The zero-order valence-electron chi connectivity index (χ0n) is 13.6. The number of aromatic nitrogens is 1. The summed E-state index contributed by atoms with van der Waals surface area (Å²) in [7, 11) is 2.19. The first-order valence-corrected chi connectivity index (χ1v) is 7.19. The summed E-state index contributed by atoms with van der Waals surface area (Å²) >= 11 is 0. The van der Waals surface area contributed by atoms with Gasteiger partial charge < -0.3 is 13.9 Å². The van der Waals surface area contributed by atoms with Crippen LogP contribution in [-0.2, 0) is 9.47 Å². The van der Waals surface area contributed by atoms with Crippen molar-refractivity contribution in [2.45, 2.75) is 6.92 Å². The van der Waals surface area contributed by atoms with Gasteiger partial charge in [-0.3, -0.25) is 9.20 Å². The average Bonchev–Trinajstić information content (AvgIpc) is 2.59. The summed E-state index contributed by atoms with van der Waals surface area (Å²) in [4.78, 5) is 49.2. The Labute approximate surface area is 140 Å². The lowest BCUT2D eigenvalue weighted by atomic mass is 10.1. The van der Waals surface area contributed by atoms with Gasteiger partial charge in [-0.15, -0.1) is 0 Å². The summed E-state index contributed by atoms with van der Waals surface area (Å²) in [6.45, 7) is 1.80. The molecule has 0 spiro atoms. The van der Waals surface area contributed by atoms with Gasteiger partial charge in [0, 0.05) is 6.07 Å². The number of hydrogen-bond donors (Lipinski definition) is 0. The smallest absolute Gasteiger partial charge is 0.361 e. The number of esters is 2. The zero-order chi connectivity index (χ0) is 18.3. The van der Waals surface area contributed by atoms with Crippen LogP contribution in [0.4, 0.5) is 0 Å². The largest absolute Gasteiger partial charge is 0.465 e. The fraction of sp³-hybridized carbons (Fsp3) is 0.176. The molecule has 0 saturated heterocycles. The highest BCUT2D eigenvalue weighted by atomic mass is 16.5. The minimum Gasteiger partial charge on any atom is -0.465 e. The van der Waals surface area contributed by atoms with E-state index in [1.807, 2.05) is 0 Å². The second-order valence-corrected chi connectivity index (χ2v) is 5.30. The molecule has 0 atom stereocenters. The molecule has 128 valence electrons. The van der Waals surface area contributed by atoms with E-state index in [1.54, 1.807) is 25.1 Å². The lowest BCUT2D eigenvalue weighted by Crippen LogP contribution is -2.26. The number of hydrogen-bond acceptors (Lipinski definition) is 7. The van der Waals surface area contributed by atoms with E-state index in [2.05, 4.69) is 9.47 Å². The second-order valence-electron chi connectivity index (χ2n) is 5.30. The van der Waals surface area contributed by atoms with E-state index in [4.69, 9.17) is 4.42 Å². The molecule has 0 radical (unpaired) electrons. The predicted molar refractivity (Wildman–Crippen MR) is 87.1 cm³/mol. The van der Waals surface area contributed by atoms with E-state index in [0.29, 0.717) is 0 Å². The van der Waals surface area contributed by atoms with Crippen LogP contribution in [0.25, 0.3) is 16.6 Å². The second kappa shape index (κ2) is 5.90. The van der Waals surface area contributed by atoms with E-state index in [1.165, 1.54) is 0 Å². The molecule has 0 N–H and O–H groups in total. The van der Waals surface area contributed by atoms with E-state index in [0.717, 1.165) is 30.3 Å². The number of methoxy groups -OCH3 is 2. The Morgan fingerprint density at radius 3 is 2.36 bits per heavy atom. The fourth-order valence-electron chi connectivity index (χ4n) is 2.66. The van der Waals surface area contributed by atoms with E-state index in [9.17, 15) is 19.2 Å². The van der Waals surface area contributed by atoms with Gasteiger partial charge in [0.1, 0.15) is 5.56 Å². The van der Waals surface area contributed by atoms with Gasteiger partial charge in [0.25, 0.3) is 5.56 Å². The summed E-state index contributed by atoms with van der Waals surface area (Å²) in [6.07, 6.45) is 0. The number of aryl methyl sites for hydroxylation is 1. The van der Waals surface area contributed by atoms with Crippen LogP contribution < -0.4 is 11.2 Å². The lowest BCUT2D eigenvalue weighted by molar-refractivity contribution is 0.0556. The number of nitrogens with zero attached hydrogens (tertiary/aromatic N) is 1. The maximum Gasteiger partial charge on any atom is 0.361 e. The first-order valence-electron chi connectivity index (χ1n) is 7.19. The van der Waals surface area contributed by atoms with Crippen molar-refractivity contribution in [1.29, 1.82) is 0 Å². The molecule has 0 bridgehead atoms. The normalized spacial score (nSPS) is 10.8. The SMILES string of the molecule is COC(=O)c1cc(=O)n2c(c1C(=O)OC)c(=O)oc1cc(C)ccc12. The number of rotatable bonds is 2. The topological polar surface area (TPSA) is 104 Å². The Balaban J connectivity index is 2.64. The summed E-state index contributed by atoms with van der Waals surface area (Å²) in [5.74, 6) is -1.90. The molecule has 0 fully saturated rings. The predicted octanol–water partition coefficient (Wildman–Crippen LogP) is 1.29. The van der Waals surface area contributed by atoms with Crippen LogP contribution in [0.2, 0.25) is 0 Å². The standard InChI is InChI=1S/C17H13NO7/c1-8-4-5-10-11(6-8)25-17(22)14-13(16(21)24-3)9(15(20)23-2)7-12(19)18(10)14/h4-7H,1-3H3.